The highest BCUT2D eigenvalue weighted by atomic mass is 35.5. The molecule has 0 bridgehead atoms. The van der Waals surface area contributed by atoms with Gasteiger partial charge in [0, 0.05) is 10.0 Å². The van der Waals surface area contributed by atoms with Crippen LogP contribution in [0.1, 0.15) is 23.7 Å². The zero-order chi connectivity index (χ0) is 12.5. The van der Waals surface area contributed by atoms with E-state index in [0.717, 1.165) is 28.6 Å². The van der Waals surface area contributed by atoms with Gasteiger partial charge in [-0.15, -0.1) is 0 Å². The van der Waals surface area contributed by atoms with Crippen LogP contribution in [0.4, 0.5) is 0 Å². The highest BCUT2D eigenvalue weighted by Crippen LogP contribution is 2.36. The zero-order valence-corrected chi connectivity index (χ0v) is 11.2. The molecule has 1 aliphatic rings. The molecular weight excluding hydrogens is 267 g/mol. The predicted molar refractivity (Wildman–Crippen MR) is 74.6 cm³/mol. The van der Waals surface area contributed by atoms with Gasteiger partial charge in [0.1, 0.15) is 11.9 Å². The Morgan fingerprint density at radius 2 is 1.67 bits per heavy atom. The summed E-state index contributed by atoms with van der Waals surface area (Å²) in [5.74, 6) is 0.936. The van der Waals surface area contributed by atoms with Crippen LogP contribution < -0.4 is 4.74 Å². The van der Waals surface area contributed by atoms with Crippen molar-refractivity contribution < 1.29 is 4.74 Å². The Labute approximate surface area is 116 Å². The lowest BCUT2D eigenvalue weighted by Gasteiger charge is -2.26. The van der Waals surface area contributed by atoms with E-state index >= 15 is 0 Å². The number of rotatable bonds is 1. The van der Waals surface area contributed by atoms with Gasteiger partial charge in [-0.1, -0.05) is 35.3 Å². The van der Waals surface area contributed by atoms with Crippen molar-refractivity contribution >= 4 is 23.2 Å². The van der Waals surface area contributed by atoms with Crippen LogP contribution in [-0.4, -0.2) is 0 Å². The minimum atomic E-state index is 0.107. The molecule has 3 rings (SSSR count). The summed E-state index contributed by atoms with van der Waals surface area (Å²) in [6, 6.07) is 13.6. The van der Waals surface area contributed by atoms with E-state index in [1.54, 1.807) is 0 Å². The molecule has 1 aliphatic heterocycles. The van der Waals surface area contributed by atoms with E-state index in [4.69, 9.17) is 27.9 Å². The summed E-state index contributed by atoms with van der Waals surface area (Å²) < 4.78 is 6.01. The first-order valence-corrected chi connectivity index (χ1v) is 6.68. The first-order valence-electron chi connectivity index (χ1n) is 5.93. The average Bonchev–Trinajstić information content (AvgIpc) is 2.39. The second kappa shape index (κ2) is 4.83. The van der Waals surface area contributed by atoms with E-state index in [9.17, 15) is 0 Å². The number of hydrogen-bond acceptors (Lipinski definition) is 1. The summed E-state index contributed by atoms with van der Waals surface area (Å²) in [6.45, 7) is 0. The van der Waals surface area contributed by atoms with Gasteiger partial charge in [-0.2, -0.15) is 0 Å². The molecule has 0 aromatic heterocycles. The third-order valence-electron chi connectivity index (χ3n) is 3.21. The summed E-state index contributed by atoms with van der Waals surface area (Å²) in [4.78, 5) is 0. The number of ether oxygens (including phenoxy) is 1. The van der Waals surface area contributed by atoms with Crippen LogP contribution in [0.3, 0.4) is 0 Å². The summed E-state index contributed by atoms with van der Waals surface area (Å²) >= 11 is 11.9. The Morgan fingerprint density at radius 3 is 2.44 bits per heavy atom. The lowest BCUT2D eigenvalue weighted by atomic mass is 9.97. The van der Waals surface area contributed by atoms with E-state index in [2.05, 4.69) is 0 Å². The number of benzene rings is 2. The van der Waals surface area contributed by atoms with Crippen molar-refractivity contribution in [1.29, 1.82) is 0 Å². The highest BCUT2D eigenvalue weighted by Gasteiger charge is 2.21. The Morgan fingerprint density at radius 1 is 0.944 bits per heavy atom. The maximum atomic E-state index is 6.01. The third kappa shape index (κ3) is 2.33. The number of halogens is 2. The molecule has 0 saturated heterocycles. The topological polar surface area (TPSA) is 9.23 Å². The summed E-state index contributed by atoms with van der Waals surface area (Å²) in [5, 5.41) is 1.52. The normalized spacial score (nSPS) is 18.0. The van der Waals surface area contributed by atoms with E-state index < -0.39 is 0 Å². The fraction of sp³-hybridized carbons (Fsp3) is 0.200. The van der Waals surface area contributed by atoms with Gasteiger partial charge < -0.3 is 4.74 Å². The molecule has 0 N–H and O–H groups in total. The molecule has 1 nitrogen and oxygen atoms in total. The van der Waals surface area contributed by atoms with Crippen molar-refractivity contribution in [1.82, 2.24) is 0 Å². The molecule has 1 heterocycles. The molecule has 0 saturated carbocycles. The second-order valence-electron chi connectivity index (χ2n) is 4.45. The Balaban J connectivity index is 1.86. The molecule has 0 spiro atoms. The van der Waals surface area contributed by atoms with Crippen molar-refractivity contribution in [3.8, 4) is 5.75 Å². The molecule has 3 heteroatoms. The lowest BCUT2D eigenvalue weighted by Crippen LogP contribution is -2.14. The quantitative estimate of drug-likeness (QED) is 0.709. The third-order valence-corrected chi connectivity index (χ3v) is 3.70. The standard InChI is InChI=1S/C15H12Cl2O/c16-12-4-1-10(2-5-12)14-7-3-11-9-13(17)6-8-15(11)18-14/h1-2,4-6,8-9,14H,3,7H2. The van der Waals surface area contributed by atoms with Crippen LogP contribution in [0.25, 0.3) is 0 Å². The van der Waals surface area contributed by atoms with Crippen molar-refractivity contribution in [2.24, 2.45) is 0 Å². The van der Waals surface area contributed by atoms with Crippen LogP contribution in [0.2, 0.25) is 10.0 Å². The van der Waals surface area contributed by atoms with Gasteiger partial charge in [0.25, 0.3) is 0 Å². The van der Waals surface area contributed by atoms with E-state index in [1.165, 1.54) is 11.1 Å². The van der Waals surface area contributed by atoms with Gasteiger partial charge in [-0.3, -0.25) is 0 Å². The van der Waals surface area contributed by atoms with Crippen LogP contribution in [-0.2, 0) is 6.42 Å². The molecule has 0 aliphatic carbocycles. The molecular formula is C15H12Cl2O. The van der Waals surface area contributed by atoms with Crippen molar-refractivity contribution in [2.45, 2.75) is 18.9 Å². The Hall–Kier alpha value is -1.18. The summed E-state index contributed by atoms with van der Waals surface area (Å²) in [7, 11) is 0. The van der Waals surface area contributed by atoms with Gasteiger partial charge >= 0.3 is 0 Å². The maximum absolute atomic E-state index is 6.01. The summed E-state index contributed by atoms with van der Waals surface area (Å²) in [6.07, 6.45) is 2.06. The molecule has 2 aromatic carbocycles. The van der Waals surface area contributed by atoms with Crippen molar-refractivity contribution in [3.05, 3.63) is 63.6 Å². The first-order chi connectivity index (χ1) is 8.72. The zero-order valence-electron chi connectivity index (χ0n) is 9.70. The lowest BCUT2D eigenvalue weighted by molar-refractivity contribution is 0.176. The molecule has 0 radical (unpaired) electrons. The predicted octanol–water partition coefficient (Wildman–Crippen LogP) is 5.06. The Bertz CT molecular complexity index is 563. The van der Waals surface area contributed by atoms with Gasteiger partial charge in [-0.25, -0.2) is 0 Å². The van der Waals surface area contributed by atoms with Crippen molar-refractivity contribution in [2.75, 3.05) is 0 Å². The number of hydrogen-bond donors (Lipinski definition) is 0. The fourth-order valence-corrected chi connectivity index (χ4v) is 2.59. The van der Waals surface area contributed by atoms with E-state index in [1.807, 2.05) is 42.5 Å². The minimum Gasteiger partial charge on any atom is -0.485 e. The van der Waals surface area contributed by atoms with Gasteiger partial charge in [0.15, 0.2) is 0 Å². The van der Waals surface area contributed by atoms with E-state index in [0.29, 0.717) is 0 Å². The Kier molecular flexibility index (Phi) is 3.19. The smallest absolute Gasteiger partial charge is 0.124 e. The number of aryl methyl sites for hydroxylation is 1. The van der Waals surface area contributed by atoms with Gasteiger partial charge in [-0.05, 0) is 54.3 Å². The summed E-state index contributed by atoms with van der Waals surface area (Å²) in [5.41, 5.74) is 2.35. The first kappa shape index (κ1) is 11.9. The van der Waals surface area contributed by atoms with Crippen LogP contribution >= 0.6 is 23.2 Å². The SMILES string of the molecule is Clc1ccc(C2CCc3cc(Cl)ccc3O2)cc1. The maximum Gasteiger partial charge on any atom is 0.124 e. The van der Waals surface area contributed by atoms with Crippen LogP contribution in [0, 0.1) is 0 Å². The molecule has 18 heavy (non-hydrogen) atoms. The molecule has 0 fully saturated rings. The van der Waals surface area contributed by atoms with Gasteiger partial charge in [0.2, 0.25) is 0 Å². The van der Waals surface area contributed by atoms with Crippen LogP contribution in [0.5, 0.6) is 5.75 Å². The van der Waals surface area contributed by atoms with E-state index in [-0.39, 0.29) is 6.10 Å². The molecule has 92 valence electrons. The molecule has 1 atom stereocenters. The minimum absolute atomic E-state index is 0.107. The average molecular weight is 279 g/mol. The molecule has 1 unspecified atom stereocenters. The monoisotopic (exact) mass is 278 g/mol. The van der Waals surface area contributed by atoms with Gasteiger partial charge in [0.05, 0.1) is 0 Å². The molecule has 2 aromatic rings. The second-order valence-corrected chi connectivity index (χ2v) is 5.32. The van der Waals surface area contributed by atoms with Crippen LogP contribution in [0.15, 0.2) is 42.5 Å². The highest BCUT2D eigenvalue weighted by molar-refractivity contribution is 6.30. The largest absolute Gasteiger partial charge is 0.485 e. The van der Waals surface area contributed by atoms with Crippen molar-refractivity contribution in [3.63, 3.8) is 0 Å². The molecule has 0 amide bonds. The number of fused-ring (bicyclic) bond motifs is 1. The fourth-order valence-electron chi connectivity index (χ4n) is 2.27.